The standard InChI is InChI=1S/C18H20F5N3O4/c1-11-2-5-15(27)26(8-11)12-6-17(19,20)10-25(9-12)16(28)29-13-3-4-14(24-7-13)30-18(21,22)23/h3-4,7,11-12H,2,5-6,8-10H2,1H3/t11?,12-/m1/s1. The highest BCUT2D eigenvalue weighted by Gasteiger charge is 2.46. The zero-order valence-electron chi connectivity index (χ0n) is 16.0. The van der Waals surface area contributed by atoms with E-state index in [4.69, 9.17) is 4.74 Å². The van der Waals surface area contributed by atoms with E-state index in [0.29, 0.717) is 13.0 Å². The van der Waals surface area contributed by atoms with E-state index in [1.54, 1.807) is 0 Å². The number of pyridine rings is 1. The highest BCUT2D eigenvalue weighted by Crippen LogP contribution is 2.32. The third kappa shape index (κ3) is 5.70. The molecule has 7 nitrogen and oxygen atoms in total. The van der Waals surface area contributed by atoms with Crippen molar-refractivity contribution in [2.45, 2.75) is 44.5 Å². The number of piperidine rings is 2. The number of amides is 2. The topological polar surface area (TPSA) is 72.0 Å². The highest BCUT2D eigenvalue weighted by atomic mass is 19.4. The van der Waals surface area contributed by atoms with Gasteiger partial charge in [-0.1, -0.05) is 6.92 Å². The Balaban J connectivity index is 1.66. The van der Waals surface area contributed by atoms with Crippen molar-refractivity contribution in [3.05, 3.63) is 18.3 Å². The van der Waals surface area contributed by atoms with E-state index in [1.165, 1.54) is 4.90 Å². The Bertz CT molecular complexity index is 787. The number of carbonyl (C=O) groups is 2. The molecule has 2 aliphatic heterocycles. The lowest BCUT2D eigenvalue weighted by Gasteiger charge is -2.44. The summed E-state index contributed by atoms with van der Waals surface area (Å²) in [4.78, 5) is 30.1. The van der Waals surface area contributed by atoms with Gasteiger partial charge in [-0.15, -0.1) is 13.2 Å². The van der Waals surface area contributed by atoms with Crippen molar-refractivity contribution >= 4 is 12.0 Å². The molecule has 166 valence electrons. The molecule has 0 spiro atoms. The number of hydrogen-bond donors (Lipinski definition) is 0. The Morgan fingerprint density at radius 2 is 2.00 bits per heavy atom. The van der Waals surface area contributed by atoms with Gasteiger partial charge in [0, 0.05) is 32.0 Å². The molecule has 2 fully saturated rings. The van der Waals surface area contributed by atoms with Gasteiger partial charge in [-0.25, -0.2) is 18.6 Å². The molecular weight excluding hydrogens is 417 g/mol. The lowest BCUT2D eigenvalue weighted by Crippen LogP contribution is -2.59. The normalized spacial score (nSPS) is 24.5. The number of halogens is 5. The predicted molar refractivity (Wildman–Crippen MR) is 92.0 cm³/mol. The first kappa shape index (κ1) is 22.0. The van der Waals surface area contributed by atoms with Gasteiger partial charge >= 0.3 is 12.5 Å². The predicted octanol–water partition coefficient (Wildman–Crippen LogP) is 3.45. The molecule has 1 unspecified atom stereocenters. The molecule has 3 rings (SSSR count). The summed E-state index contributed by atoms with van der Waals surface area (Å²) in [5.41, 5.74) is 0. The van der Waals surface area contributed by atoms with E-state index in [1.807, 2.05) is 6.92 Å². The zero-order chi connectivity index (χ0) is 22.1. The lowest BCUT2D eigenvalue weighted by atomic mass is 9.94. The van der Waals surface area contributed by atoms with Crippen molar-refractivity contribution in [1.82, 2.24) is 14.8 Å². The molecule has 0 bridgehead atoms. The molecule has 1 aromatic rings. The summed E-state index contributed by atoms with van der Waals surface area (Å²) in [6.45, 7) is 1.25. The van der Waals surface area contributed by atoms with Crippen LogP contribution in [-0.4, -0.2) is 64.7 Å². The number of ether oxygens (including phenoxy) is 2. The van der Waals surface area contributed by atoms with Crippen molar-refractivity contribution in [3.8, 4) is 11.6 Å². The molecule has 30 heavy (non-hydrogen) atoms. The van der Waals surface area contributed by atoms with E-state index in [-0.39, 0.29) is 30.5 Å². The van der Waals surface area contributed by atoms with E-state index in [9.17, 15) is 31.5 Å². The van der Waals surface area contributed by atoms with Crippen molar-refractivity contribution in [2.75, 3.05) is 19.6 Å². The first-order chi connectivity index (χ1) is 13.9. The molecule has 12 heteroatoms. The van der Waals surface area contributed by atoms with Crippen molar-refractivity contribution < 1.29 is 41.0 Å². The van der Waals surface area contributed by atoms with Crippen LogP contribution in [0.2, 0.25) is 0 Å². The Morgan fingerprint density at radius 1 is 1.27 bits per heavy atom. The minimum atomic E-state index is -4.93. The van der Waals surface area contributed by atoms with Crippen LogP contribution >= 0.6 is 0 Å². The maximum absolute atomic E-state index is 14.3. The average molecular weight is 437 g/mol. The molecule has 2 saturated heterocycles. The number of alkyl halides is 5. The number of likely N-dealkylation sites (tertiary alicyclic amines) is 2. The van der Waals surface area contributed by atoms with Crippen molar-refractivity contribution in [3.63, 3.8) is 0 Å². The third-order valence-corrected chi connectivity index (χ3v) is 4.90. The molecule has 1 aromatic heterocycles. The molecule has 3 heterocycles. The first-order valence-corrected chi connectivity index (χ1v) is 9.28. The second kappa shape index (κ2) is 8.23. The SMILES string of the molecule is CC1CCC(=O)N([C@H]2CN(C(=O)Oc3ccc(OC(F)(F)F)nc3)CC(F)(F)C2)C1. The summed E-state index contributed by atoms with van der Waals surface area (Å²) in [6.07, 6.45) is -4.82. The molecule has 0 aromatic carbocycles. The van der Waals surface area contributed by atoms with E-state index in [0.717, 1.165) is 23.2 Å². The van der Waals surface area contributed by atoms with Crippen LogP contribution in [0.3, 0.4) is 0 Å². The molecule has 2 amide bonds. The quantitative estimate of drug-likeness (QED) is 0.678. The van der Waals surface area contributed by atoms with E-state index < -0.39 is 43.3 Å². The molecule has 0 saturated carbocycles. The summed E-state index contributed by atoms with van der Waals surface area (Å²) in [5, 5.41) is 0. The summed E-state index contributed by atoms with van der Waals surface area (Å²) in [5.74, 6) is -4.27. The number of hydrogen-bond acceptors (Lipinski definition) is 5. The van der Waals surface area contributed by atoms with Gasteiger partial charge in [0.25, 0.3) is 5.92 Å². The Hall–Kier alpha value is -2.66. The van der Waals surface area contributed by atoms with Gasteiger partial charge in [0.1, 0.15) is 0 Å². The fraction of sp³-hybridized carbons (Fsp3) is 0.611. The van der Waals surface area contributed by atoms with Gasteiger partial charge in [-0.05, 0) is 18.4 Å². The molecule has 2 atom stereocenters. The van der Waals surface area contributed by atoms with Crippen LogP contribution in [0.5, 0.6) is 11.6 Å². The van der Waals surface area contributed by atoms with Gasteiger partial charge in [0.2, 0.25) is 11.8 Å². The van der Waals surface area contributed by atoms with Crippen molar-refractivity contribution in [1.29, 1.82) is 0 Å². The van der Waals surface area contributed by atoms with Crippen LogP contribution < -0.4 is 9.47 Å². The van der Waals surface area contributed by atoms with Crippen LogP contribution in [-0.2, 0) is 4.79 Å². The number of carbonyl (C=O) groups excluding carboxylic acids is 2. The largest absolute Gasteiger partial charge is 0.574 e. The molecule has 0 N–H and O–H groups in total. The summed E-state index contributed by atoms with van der Waals surface area (Å²) in [7, 11) is 0. The van der Waals surface area contributed by atoms with Gasteiger partial charge in [-0.2, -0.15) is 0 Å². The lowest BCUT2D eigenvalue weighted by molar-refractivity contribution is -0.276. The average Bonchev–Trinajstić information content (AvgIpc) is 2.62. The van der Waals surface area contributed by atoms with E-state index >= 15 is 0 Å². The van der Waals surface area contributed by atoms with Gasteiger partial charge in [0.05, 0.1) is 18.8 Å². The molecular formula is C18H20F5N3O4. The van der Waals surface area contributed by atoms with Crippen LogP contribution in [0, 0.1) is 5.92 Å². The summed E-state index contributed by atoms with van der Waals surface area (Å²) in [6, 6.07) is 0.982. The van der Waals surface area contributed by atoms with Crippen LogP contribution in [0.1, 0.15) is 26.2 Å². The Labute approximate surface area is 168 Å². The number of nitrogens with zero attached hydrogens (tertiary/aromatic N) is 3. The van der Waals surface area contributed by atoms with Gasteiger partial charge in [-0.3, -0.25) is 9.69 Å². The smallest absolute Gasteiger partial charge is 0.409 e. The fourth-order valence-corrected chi connectivity index (χ4v) is 3.59. The second-order valence-electron chi connectivity index (χ2n) is 7.53. The number of aromatic nitrogens is 1. The van der Waals surface area contributed by atoms with Gasteiger partial charge in [0.15, 0.2) is 5.75 Å². The minimum Gasteiger partial charge on any atom is -0.409 e. The maximum atomic E-state index is 14.3. The van der Waals surface area contributed by atoms with Gasteiger partial charge < -0.3 is 14.4 Å². The second-order valence-corrected chi connectivity index (χ2v) is 7.53. The number of rotatable bonds is 3. The minimum absolute atomic E-state index is 0.129. The molecule has 2 aliphatic rings. The molecule has 0 radical (unpaired) electrons. The summed E-state index contributed by atoms with van der Waals surface area (Å²) < 4.78 is 73.6. The Morgan fingerprint density at radius 3 is 2.63 bits per heavy atom. The first-order valence-electron chi connectivity index (χ1n) is 9.28. The van der Waals surface area contributed by atoms with E-state index in [2.05, 4.69) is 9.72 Å². The molecule has 0 aliphatic carbocycles. The van der Waals surface area contributed by atoms with Crippen LogP contribution in [0.4, 0.5) is 26.7 Å². The zero-order valence-corrected chi connectivity index (χ0v) is 16.0. The van der Waals surface area contributed by atoms with Crippen molar-refractivity contribution in [2.24, 2.45) is 5.92 Å². The monoisotopic (exact) mass is 437 g/mol. The maximum Gasteiger partial charge on any atom is 0.574 e. The fourth-order valence-electron chi connectivity index (χ4n) is 3.59. The van der Waals surface area contributed by atoms with Crippen LogP contribution in [0.25, 0.3) is 0 Å². The summed E-state index contributed by atoms with van der Waals surface area (Å²) >= 11 is 0. The Kier molecular flexibility index (Phi) is 6.04. The third-order valence-electron chi connectivity index (χ3n) is 4.90. The highest BCUT2D eigenvalue weighted by molar-refractivity contribution is 5.77. The van der Waals surface area contributed by atoms with Crippen LogP contribution in [0.15, 0.2) is 18.3 Å².